The summed E-state index contributed by atoms with van der Waals surface area (Å²) in [4.78, 5) is 15.0. The van der Waals surface area contributed by atoms with E-state index >= 15 is 0 Å². The maximum Gasteiger partial charge on any atom is 0.256 e. The Morgan fingerprint density at radius 3 is 2.50 bits per heavy atom. The molecule has 2 unspecified atom stereocenters. The molecule has 0 spiro atoms. The Morgan fingerprint density at radius 1 is 1.21 bits per heavy atom. The largest absolute Gasteiger partial charge is 0.373 e. The van der Waals surface area contributed by atoms with Gasteiger partial charge in [0.15, 0.2) is 0 Å². The number of hydrogen-bond acceptors (Lipinski definition) is 4. The molecule has 1 amide bonds. The summed E-state index contributed by atoms with van der Waals surface area (Å²) in [5, 5.41) is 7.83. The average molecular weight is 405 g/mol. The third-order valence-corrected chi connectivity index (χ3v) is 5.34. The highest BCUT2D eigenvalue weighted by atomic mass is 35.5. The zero-order valence-corrected chi connectivity index (χ0v) is 17.8. The lowest BCUT2D eigenvalue weighted by molar-refractivity contribution is -0.0672. The molecule has 0 aliphatic carbocycles. The van der Waals surface area contributed by atoms with Gasteiger partial charge in [0.2, 0.25) is 0 Å². The highest BCUT2D eigenvalue weighted by Crippen LogP contribution is 2.21. The molecule has 1 aromatic heterocycles. The molecule has 1 saturated heterocycles. The molecule has 152 valence electrons. The maximum atomic E-state index is 12.7. The van der Waals surface area contributed by atoms with Crippen LogP contribution < -0.4 is 5.32 Å². The van der Waals surface area contributed by atoms with Gasteiger partial charge in [-0.1, -0.05) is 41.4 Å². The summed E-state index contributed by atoms with van der Waals surface area (Å²) in [5.74, 6) is -0.174. The first-order chi connectivity index (χ1) is 13.3. The van der Waals surface area contributed by atoms with Gasteiger partial charge in [-0.2, -0.15) is 5.10 Å². The molecule has 0 saturated carbocycles. The van der Waals surface area contributed by atoms with E-state index in [4.69, 9.17) is 16.3 Å². The SMILES string of the molecule is Cc1ccc(Cn2nc(C)c(C(=O)NCCN3CC(C)OC(C)C3)c2Cl)cc1. The van der Waals surface area contributed by atoms with Crippen molar-refractivity contribution in [2.45, 2.75) is 46.4 Å². The maximum absolute atomic E-state index is 12.7. The standard InChI is InChI=1S/C21H29ClN4O2/c1-14-5-7-18(8-6-14)13-26-20(22)19(17(4)24-26)21(27)23-9-10-25-11-15(2)28-16(3)12-25/h5-8,15-16H,9-13H2,1-4H3,(H,23,27). The van der Waals surface area contributed by atoms with Gasteiger partial charge in [-0.15, -0.1) is 0 Å². The zero-order chi connectivity index (χ0) is 20.3. The monoisotopic (exact) mass is 404 g/mol. The molecule has 0 bridgehead atoms. The van der Waals surface area contributed by atoms with Crippen LogP contribution in [0.2, 0.25) is 5.15 Å². The summed E-state index contributed by atoms with van der Waals surface area (Å²) >= 11 is 6.48. The van der Waals surface area contributed by atoms with Crippen LogP contribution >= 0.6 is 11.6 Å². The van der Waals surface area contributed by atoms with Gasteiger partial charge in [0.05, 0.1) is 30.0 Å². The lowest BCUT2D eigenvalue weighted by atomic mass is 10.1. The Balaban J connectivity index is 1.59. The normalized spacial score (nSPS) is 20.3. The molecule has 1 aliphatic heterocycles. The van der Waals surface area contributed by atoms with Gasteiger partial charge in [0.25, 0.3) is 5.91 Å². The number of ether oxygens (including phenoxy) is 1. The highest BCUT2D eigenvalue weighted by Gasteiger charge is 2.23. The molecule has 7 heteroatoms. The Hall–Kier alpha value is -1.89. The van der Waals surface area contributed by atoms with Crippen molar-refractivity contribution in [1.82, 2.24) is 20.0 Å². The van der Waals surface area contributed by atoms with Crippen LogP contribution in [0, 0.1) is 13.8 Å². The van der Waals surface area contributed by atoms with Crippen molar-refractivity contribution in [1.29, 1.82) is 0 Å². The molecule has 1 fully saturated rings. The smallest absolute Gasteiger partial charge is 0.256 e. The summed E-state index contributed by atoms with van der Waals surface area (Å²) < 4.78 is 7.43. The number of hydrogen-bond donors (Lipinski definition) is 1. The number of nitrogens with zero attached hydrogens (tertiary/aromatic N) is 3. The molecular formula is C21H29ClN4O2. The van der Waals surface area contributed by atoms with E-state index in [2.05, 4.69) is 48.2 Å². The van der Waals surface area contributed by atoms with Gasteiger partial charge in [0.1, 0.15) is 5.15 Å². The fourth-order valence-corrected chi connectivity index (χ4v) is 3.99. The summed E-state index contributed by atoms with van der Waals surface area (Å²) in [6.45, 7) is 11.7. The number of carbonyl (C=O) groups is 1. The van der Waals surface area contributed by atoms with E-state index in [-0.39, 0.29) is 18.1 Å². The van der Waals surface area contributed by atoms with Crippen molar-refractivity contribution >= 4 is 17.5 Å². The summed E-state index contributed by atoms with van der Waals surface area (Å²) in [6, 6.07) is 8.21. The Labute approximate surface area is 171 Å². The van der Waals surface area contributed by atoms with Gasteiger partial charge in [-0.25, -0.2) is 4.68 Å². The molecule has 1 aliphatic rings. The fraction of sp³-hybridized carbons (Fsp3) is 0.524. The summed E-state index contributed by atoms with van der Waals surface area (Å²) in [5.41, 5.74) is 3.40. The third-order valence-electron chi connectivity index (χ3n) is 4.95. The molecule has 0 radical (unpaired) electrons. The summed E-state index contributed by atoms with van der Waals surface area (Å²) in [7, 11) is 0. The minimum Gasteiger partial charge on any atom is -0.373 e. The lowest BCUT2D eigenvalue weighted by Gasteiger charge is -2.35. The van der Waals surface area contributed by atoms with Crippen molar-refractivity contribution in [3.8, 4) is 0 Å². The van der Waals surface area contributed by atoms with E-state index in [1.807, 2.05) is 19.1 Å². The van der Waals surface area contributed by atoms with Gasteiger partial charge in [-0.3, -0.25) is 9.69 Å². The van der Waals surface area contributed by atoms with Gasteiger partial charge in [-0.05, 0) is 33.3 Å². The van der Waals surface area contributed by atoms with Crippen LogP contribution in [0.5, 0.6) is 0 Å². The second kappa shape index (κ2) is 9.07. The van der Waals surface area contributed by atoms with E-state index in [0.29, 0.717) is 29.5 Å². The first-order valence-electron chi connectivity index (χ1n) is 9.78. The minimum atomic E-state index is -0.174. The third kappa shape index (κ3) is 5.13. The molecule has 6 nitrogen and oxygen atoms in total. The quantitative estimate of drug-likeness (QED) is 0.803. The van der Waals surface area contributed by atoms with Crippen molar-refractivity contribution < 1.29 is 9.53 Å². The van der Waals surface area contributed by atoms with Crippen LogP contribution in [-0.2, 0) is 11.3 Å². The van der Waals surface area contributed by atoms with Crippen molar-refractivity contribution in [2.24, 2.45) is 0 Å². The summed E-state index contributed by atoms with van der Waals surface area (Å²) in [6.07, 6.45) is 0.437. The Morgan fingerprint density at radius 2 is 1.86 bits per heavy atom. The van der Waals surface area contributed by atoms with Crippen LogP contribution in [0.15, 0.2) is 24.3 Å². The zero-order valence-electron chi connectivity index (χ0n) is 17.0. The van der Waals surface area contributed by atoms with Gasteiger partial charge >= 0.3 is 0 Å². The second-order valence-corrected chi connectivity index (χ2v) is 8.03. The highest BCUT2D eigenvalue weighted by molar-refractivity contribution is 6.33. The Kier molecular flexibility index (Phi) is 6.75. The van der Waals surface area contributed by atoms with Crippen molar-refractivity contribution in [3.63, 3.8) is 0 Å². The van der Waals surface area contributed by atoms with Crippen LogP contribution in [-0.4, -0.2) is 59.0 Å². The van der Waals surface area contributed by atoms with Gasteiger partial charge < -0.3 is 10.1 Å². The first-order valence-corrected chi connectivity index (χ1v) is 10.2. The average Bonchev–Trinajstić information content (AvgIpc) is 2.89. The number of amides is 1. The van der Waals surface area contributed by atoms with E-state index < -0.39 is 0 Å². The molecule has 2 atom stereocenters. The topological polar surface area (TPSA) is 59.4 Å². The molecule has 1 aromatic carbocycles. The number of nitrogens with one attached hydrogen (secondary N) is 1. The Bertz CT molecular complexity index is 809. The number of carbonyl (C=O) groups excluding carboxylic acids is 1. The lowest BCUT2D eigenvalue weighted by Crippen LogP contribution is -2.47. The number of aryl methyl sites for hydroxylation is 2. The van der Waals surface area contributed by atoms with E-state index in [0.717, 1.165) is 25.2 Å². The number of rotatable bonds is 6. The van der Waals surface area contributed by atoms with E-state index in [1.54, 1.807) is 4.68 Å². The number of morpholine rings is 1. The first kappa shape index (κ1) is 20.8. The molecule has 3 rings (SSSR count). The molecule has 2 aromatic rings. The van der Waals surface area contributed by atoms with Gasteiger partial charge in [0, 0.05) is 26.2 Å². The second-order valence-electron chi connectivity index (χ2n) is 7.67. The molecular weight excluding hydrogens is 376 g/mol. The molecule has 28 heavy (non-hydrogen) atoms. The van der Waals surface area contributed by atoms with Crippen molar-refractivity contribution in [3.05, 3.63) is 51.8 Å². The fourth-order valence-electron chi connectivity index (χ4n) is 3.67. The predicted molar refractivity (Wildman–Crippen MR) is 111 cm³/mol. The van der Waals surface area contributed by atoms with E-state index in [1.165, 1.54) is 5.56 Å². The van der Waals surface area contributed by atoms with E-state index in [9.17, 15) is 4.79 Å². The van der Waals surface area contributed by atoms with Crippen LogP contribution in [0.4, 0.5) is 0 Å². The minimum absolute atomic E-state index is 0.174. The predicted octanol–water partition coefficient (Wildman–Crippen LogP) is 3.04. The van der Waals surface area contributed by atoms with Crippen molar-refractivity contribution in [2.75, 3.05) is 26.2 Å². The van der Waals surface area contributed by atoms with Crippen LogP contribution in [0.25, 0.3) is 0 Å². The van der Waals surface area contributed by atoms with Crippen LogP contribution in [0.3, 0.4) is 0 Å². The van der Waals surface area contributed by atoms with Crippen LogP contribution in [0.1, 0.15) is 41.0 Å². The molecule has 2 heterocycles. The number of halogens is 1. The molecule has 1 N–H and O–H groups in total. The number of benzene rings is 1. The number of aromatic nitrogens is 2.